The van der Waals surface area contributed by atoms with E-state index in [2.05, 4.69) is 15.8 Å². The highest BCUT2D eigenvalue weighted by Gasteiger charge is 2.29. The summed E-state index contributed by atoms with van der Waals surface area (Å²) < 4.78 is 33.1. The van der Waals surface area contributed by atoms with Crippen molar-refractivity contribution in [1.29, 1.82) is 0 Å². The molecule has 0 unspecified atom stereocenters. The highest BCUT2D eigenvalue weighted by Crippen LogP contribution is 2.25. The Kier molecular flexibility index (Phi) is 6.33. The first-order valence-electron chi connectivity index (χ1n) is 8.63. The van der Waals surface area contributed by atoms with Crippen LogP contribution in [-0.4, -0.2) is 61.2 Å². The Morgan fingerprint density at radius 2 is 2.19 bits per heavy atom. The molecule has 3 heterocycles. The van der Waals surface area contributed by atoms with Gasteiger partial charge in [0.1, 0.15) is 0 Å². The quantitative estimate of drug-likeness (QED) is 0.732. The van der Waals surface area contributed by atoms with Crippen molar-refractivity contribution < 1.29 is 18.1 Å². The van der Waals surface area contributed by atoms with E-state index in [0.29, 0.717) is 12.3 Å². The lowest BCUT2D eigenvalue weighted by Crippen LogP contribution is -2.45. The molecule has 2 aromatic heterocycles. The van der Waals surface area contributed by atoms with Crippen LogP contribution in [0.4, 0.5) is 8.78 Å². The van der Waals surface area contributed by atoms with Gasteiger partial charge in [0.2, 0.25) is 0 Å². The maximum atomic E-state index is 14.0. The van der Waals surface area contributed by atoms with Gasteiger partial charge in [-0.25, -0.2) is 8.78 Å². The van der Waals surface area contributed by atoms with Crippen molar-refractivity contribution in [3.8, 4) is 10.6 Å². The van der Waals surface area contributed by atoms with Gasteiger partial charge in [-0.15, -0.1) is 11.3 Å². The van der Waals surface area contributed by atoms with Crippen LogP contribution in [-0.2, 0) is 0 Å². The van der Waals surface area contributed by atoms with Gasteiger partial charge >= 0.3 is 0 Å². The number of rotatable bonds is 8. The molecule has 0 spiro atoms. The Bertz CT molecular complexity index is 699. The van der Waals surface area contributed by atoms with Crippen LogP contribution in [0.25, 0.3) is 10.6 Å². The smallest absolute Gasteiger partial charge is 0.273 e. The van der Waals surface area contributed by atoms with Gasteiger partial charge in [0.15, 0.2) is 11.5 Å². The second-order valence-corrected chi connectivity index (χ2v) is 7.20. The summed E-state index contributed by atoms with van der Waals surface area (Å²) in [5.74, 6) is -2.81. The average Bonchev–Trinajstić information content (AvgIpc) is 3.32. The number of carbonyl (C=O) groups is 1. The molecule has 0 saturated carbocycles. The average molecular weight is 384 g/mol. The van der Waals surface area contributed by atoms with Crippen LogP contribution in [0.15, 0.2) is 28.1 Å². The summed E-state index contributed by atoms with van der Waals surface area (Å²) >= 11 is 1.47. The number of nitrogens with zero attached hydrogens (tertiary/aromatic N) is 2. The van der Waals surface area contributed by atoms with Crippen LogP contribution in [0.2, 0.25) is 0 Å². The number of halogens is 2. The minimum absolute atomic E-state index is 0.0949. The number of amides is 1. The van der Waals surface area contributed by atoms with E-state index < -0.39 is 11.8 Å². The molecule has 6 nitrogen and oxygen atoms in total. The standard InChI is InChI=1S/C17H22F2N4O2S/c18-17(19,4-8-23-9-6-20-7-10-23)3-5-21-16(24)13-12-14(25-22-13)15-2-1-11-26-15/h1-2,11-12,20H,3-10H2,(H,21,24). The third-order valence-corrected chi connectivity index (χ3v) is 5.17. The minimum atomic E-state index is -2.80. The summed E-state index contributed by atoms with van der Waals surface area (Å²) in [6.45, 7) is 3.54. The molecular formula is C17H22F2N4O2S. The molecule has 9 heteroatoms. The van der Waals surface area contributed by atoms with Crippen LogP contribution in [0, 0.1) is 0 Å². The normalized spacial score (nSPS) is 15.9. The molecule has 1 amide bonds. The first kappa shape index (κ1) is 18.9. The molecule has 1 fully saturated rings. The van der Waals surface area contributed by atoms with Gasteiger partial charge < -0.3 is 20.1 Å². The zero-order chi connectivity index (χ0) is 18.4. The molecule has 0 aliphatic carbocycles. The second-order valence-electron chi connectivity index (χ2n) is 6.26. The predicted molar refractivity (Wildman–Crippen MR) is 95.6 cm³/mol. The highest BCUT2D eigenvalue weighted by molar-refractivity contribution is 7.13. The lowest BCUT2D eigenvalue weighted by Gasteiger charge is -2.28. The molecule has 0 radical (unpaired) electrons. The number of alkyl halides is 2. The molecule has 1 saturated heterocycles. The van der Waals surface area contributed by atoms with Crippen LogP contribution in [0.3, 0.4) is 0 Å². The van der Waals surface area contributed by atoms with Crippen molar-refractivity contribution in [3.05, 3.63) is 29.3 Å². The number of carbonyl (C=O) groups excluding carboxylic acids is 1. The third-order valence-electron chi connectivity index (χ3n) is 4.29. The van der Waals surface area contributed by atoms with E-state index in [9.17, 15) is 13.6 Å². The van der Waals surface area contributed by atoms with Crippen LogP contribution in [0.1, 0.15) is 23.3 Å². The van der Waals surface area contributed by atoms with Crippen molar-refractivity contribution in [2.24, 2.45) is 0 Å². The monoisotopic (exact) mass is 384 g/mol. The second kappa shape index (κ2) is 8.70. The first-order chi connectivity index (χ1) is 12.5. The zero-order valence-corrected chi connectivity index (χ0v) is 15.2. The van der Waals surface area contributed by atoms with Crippen molar-refractivity contribution in [2.45, 2.75) is 18.8 Å². The van der Waals surface area contributed by atoms with E-state index in [1.807, 2.05) is 22.4 Å². The van der Waals surface area contributed by atoms with Crippen molar-refractivity contribution in [1.82, 2.24) is 20.7 Å². The van der Waals surface area contributed by atoms with Gasteiger partial charge in [-0.1, -0.05) is 11.2 Å². The Hall–Kier alpha value is -1.84. The van der Waals surface area contributed by atoms with Crippen molar-refractivity contribution in [2.75, 3.05) is 39.3 Å². The fourth-order valence-corrected chi connectivity index (χ4v) is 3.42. The van der Waals surface area contributed by atoms with Gasteiger partial charge in [-0.3, -0.25) is 4.79 Å². The molecule has 26 heavy (non-hydrogen) atoms. The molecule has 0 aromatic carbocycles. The number of aromatic nitrogens is 1. The highest BCUT2D eigenvalue weighted by atomic mass is 32.1. The number of hydrogen-bond acceptors (Lipinski definition) is 6. The van der Waals surface area contributed by atoms with E-state index in [-0.39, 0.29) is 25.1 Å². The fraction of sp³-hybridized carbons (Fsp3) is 0.529. The number of nitrogens with one attached hydrogen (secondary N) is 2. The fourth-order valence-electron chi connectivity index (χ4n) is 2.75. The summed E-state index contributed by atoms with van der Waals surface area (Å²) in [5, 5.41) is 11.3. The summed E-state index contributed by atoms with van der Waals surface area (Å²) in [7, 11) is 0. The molecule has 142 valence electrons. The molecule has 3 rings (SSSR count). The third kappa shape index (κ3) is 5.33. The maximum absolute atomic E-state index is 14.0. The molecular weight excluding hydrogens is 362 g/mol. The summed E-state index contributed by atoms with van der Waals surface area (Å²) in [6.07, 6.45) is -0.587. The number of piperazine rings is 1. The number of thiophene rings is 1. The zero-order valence-electron chi connectivity index (χ0n) is 14.3. The van der Waals surface area contributed by atoms with E-state index in [1.165, 1.54) is 17.4 Å². The molecule has 2 aromatic rings. The minimum Gasteiger partial charge on any atom is -0.355 e. The van der Waals surface area contributed by atoms with Gasteiger partial charge in [-0.2, -0.15) is 0 Å². The van der Waals surface area contributed by atoms with Crippen molar-refractivity contribution >= 4 is 17.2 Å². The summed E-state index contributed by atoms with van der Waals surface area (Å²) in [5.41, 5.74) is 0.0949. The van der Waals surface area contributed by atoms with Gasteiger partial charge in [0.05, 0.1) is 4.88 Å². The van der Waals surface area contributed by atoms with E-state index in [1.54, 1.807) is 0 Å². The number of hydrogen-bond donors (Lipinski definition) is 2. The van der Waals surface area contributed by atoms with Gasteiger partial charge in [0.25, 0.3) is 11.8 Å². The SMILES string of the molecule is O=C(NCCC(F)(F)CCN1CCNCC1)c1cc(-c2cccs2)on1. The molecule has 1 aliphatic heterocycles. The maximum Gasteiger partial charge on any atom is 0.273 e. The summed E-state index contributed by atoms with van der Waals surface area (Å²) in [4.78, 5) is 14.9. The van der Waals surface area contributed by atoms with Crippen molar-refractivity contribution in [3.63, 3.8) is 0 Å². The van der Waals surface area contributed by atoms with Crippen LogP contribution >= 0.6 is 11.3 Å². The Balaban J connectivity index is 1.41. The Labute approximate surface area is 154 Å². The van der Waals surface area contributed by atoms with Gasteiger partial charge in [0, 0.05) is 58.2 Å². The summed E-state index contributed by atoms with van der Waals surface area (Å²) in [6, 6.07) is 5.24. The topological polar surface area (TPSA) is 70.4 Å². The lowest BCUT2D eigenvalue weighted by molar-refractivity contribution is -0.0237. The lowest BCUT2D eigenvalue weighted by atomic mass is 10.1. The van der Waals surface area contributed by atoms with Crippen LogP contribution in [0.5, 0.6) is 0 Å². The predicted octanol–water partition coefficient (Wildman–Crippen LogP) is 2.45. The molecule has 2 N–H and O–H groups in total. The molecule has 0 bridgehead atoms. The Morgan fingerprint density at radius 3 is 2.92 bits per heavy atom. The van der Waals surface area contributed by atoms with E-state index >= 15 is 0 Å². The molecule has 0 atom stereocenters. The van der Waals surface area contributed by atoms with Gasteiger partial charge in [-0.05, 0) is 11.4 Å². The largest absolute Gasteiger partial charge is 0.355 e. The molecule has 1 aliphatic rings. The van der Waals surface area contributed by atoms with E-state index in [4.69, 9.17) is 4.52 Å². The van der Waals surface area contributed by atoms with Crippen LogP contribution < -0.4 is 10.6 Å². The first-order valence-corrected chi connectivity index (χ1v) is 9.51. The van der Waals surface area contributed by atoms with E-state index in [0.717, 1.165) is 31.1 Å². The Morgan fingerprint density at radius 1 is 1.38 bits per heavy atom.